The Morgan fingerprint density at radius 3 is 2.71 bits per heavy atom. The van der Waals surface area contributed by atoms with E-state index in [4.69, 9.17) is 0 Å². The molecule has 2 rings (SSSR count). The monoisotopic (exact) mass is 237 g/mol. The quantitative estimate of drug-likeness (QED) is 0.772. The molecule has 2 aliphatic rings. The van der Waals surface area contributed by atoms with E-state index in [2.05, 4.69) is 16.5 Å². The lowest BCUT2D eigenvalue weighted by Crippen LogP contribution is -2.43. The lowest BCUT2D eigenvalue weighted by atomic mass is 9.93. The van der Waals surface area contributed by atoms with E-state index in [1.54, 1.807) is 0 Å². The van der Waals surface area contributed by atoms with Gasteiger partial charge in [-0.05, 0) is 18.6 Å². The molecule has 0 bridgehead atoms. The summed E-state index contributed by atoms with van der Waals surface area (Å²) in [5, 5.41) is 11.2. The maximum Gasteiger partial charge on any atom is 0.160 e. The van der Waals surface area contributed by atoms with Crippen LogP contribution in [0.5, 0.6) is 0 Å². The van der Waals surface area contributed by atoms with Gasteiger partial charge in [0, 0.05) is 11.6 Å². The van der Waals surface area contributed by atoms with Crippen LogP contribution in [0.2, 0.25) is 0 Å². The third kappa shape index (κ3) is 2.88. The molecule has 2 N–H and O–H groups in total. The van der Waals surface area contributed by atoms with Crippen molar-refractivity contribution in [1.29, 1.82) is 0 Å². The molecule has 1 unspecified atom stereocenters. The summed E-state index contributed by atoms with van der Waals surface area (Å²) < 4.78 is 0. The summed E-state index contributed by atoms with van der Waals surface area (Å²) in [6.07, 6.45) is 6.16. The highest BCUT2D eigenvalue weighted by Gasteiger charge is 2.32. The molecule has 0 radical (unpaired) electrons. The highest BCUT2D eigenvalue weighted by atomic mass is 16.3. The van der Waals surface area contributed by atoms with Crippen molar-refractivity contribution in [3.05, 3.63) is 23.9 Å². The molecule has 0 fully saturated rings. The molecule has 96 valence electrons. The number of nitrogens with zero attached hydrogens (tertiary/aromatic N) is 2. The van der Waals surface area contributed by atoms with Crippen LogP contribution in [0.15, 0.2) is 28.9 Å². The van der Waals surface area contributed by atoms with Crippen molar-refractivity contribution in [2.45, 2.75) is 40.8 Å². The Labute approximate surface area is 104 Å². The second-order valence-electron chi connectivity index (χ2n) is 4.68. The smallest absolute Gasteiger partial charge is 0.160 e. The molecule has 4 nitrogen and oxygen atoms in total. The van der Waals surface area contributed by atoms with Crippen LogP contribution in [0.1, 0.15) is 34.6 Å². The van der Waals surface area contributed by atoms with Crippen molar-refractivity contribution in [1.82, 2.24) is 10.4 Å². The number of fused-ring (bicyclic) bond motifs is 1. The van der Waals surface area contributed by atoms with E-state index in [0.29, 0.717) is 0 Å². The van der Waals surface area contributed by atoms with Gasteiger partial charge < -0.3 is 5.11 Å². The summed E-state index contributed by atoms with van der Waals surface area (Å²) in [4.78, 5) is 4.53. The summed E-state index contributed by atoms with van der Waals surface area (Å²) in [5.41, 5.74) is 4.09. The number of aliphatic hydroxyl groups excluding tert-OH is 1. The number of rotatable bonds is 2. The summed E-state index contributed by atoms with van der Waals surface area (Å²) in [7, 11) is 0. The molecular formula is C13H23N3O. The van der Waals surface area contributed by atoms with E-state index in [-0.39, 0.29) is 18.2 Å². The van der Waals surface area contributed by atoms with Crippen molar-refractivity contribution < 1.29 is 5.11 Å². The van der Waals surface area contributed by atoms with Gasteiger partial charge in [-0.15, -0.1) is 0 Å². The van der Waals surface area contributed by atoms with Crippen LogP contribution in [0.4, 0.5) is 0 Å². The second kappa shape index (κ2) is 5.36. The molecule has 0 aromatic rings. The average molecular weight is 237 g/mol. The maximum atomic E-state index is 9.27. The highest BCUT2D eigenvalue weighted by Crippen LogP contribution is 2.24. The first-order chi connectivity index (χ1) is 8.03. The summed E-state index contributed by atoms with van der Waals surface area (Å²) in [5.74, 6) is 0.839. The third-order valence-electron chi connectivity index (χ3n) is 2.69. The molecule has 1 atom stereocenters. The van der Waals surface area contributed by atoms with Gasteiger partial charge in [0.1, 0.15) is 5.84 Å². The van der Waals surface area contributed by atoms with E-state index in [9.17, 15) is 5.11 Å². The van der Waals surface area contributed by atoms with Crippen LogP contribution in [0.3, 0.4) is 0 Å². The molecule has 0 aromatic carbocycles. The Morgan fingerprint density at radius 2 is 2.12 bits per heavy atom. The number of hydrogen-bond acceptors (Lipinski definition) is 4. The molecule has 2 heterocycles. The molecule has 0 saturated heterocycles. The number of hydrazine groups is 1. The Balaban J connectivity index is 0.000000686. The summed E-state index contributed by atoms with van der Waals surface area (Å²) in [6.45, 7) is 10.1. The molecule has 4 heteroatoms. The van der Waals surface area contributed by atoms with Gasteiger partial charge in [-0.2, -0.15) is 0 Å². The van der Waals surface area contributed by atoms with Crippen LogP contribution in [0, 0.1) is 5.41 Å². The SMILES string of the molecule is CC.CC1=CN2NC(C(C)(C)CO)=NC2C=C1. The first kappa shape index (κ1) is 13.8. The first-order valence-electron chi connectivity index (χ1n) is 6.14. The van der Waals surface area contributed by atoms with Crippen LogP contribution in [-0.4, -0.2) is 28.7 Å². The average Bonchev–Trinajstić information content (AvgIpc) is 2.75. The van der Waals surface area contributed by atoms with E-state index in [1.165, 1.54) is 5.57 Å². The van der Waals surface area contributed by atoms with Gasteiger partial charge in [-0.1, -0.05) is 33.8 Å². The zero-order chi connectivity index (χ0) is 13.1. The van der Waals surface area contributed by atoms with Crippen molar-refractivity contribution >= 4 is 5.84 Å². The number of aliphatic hydroxyl groups is 1. The van der Waals surface area contributed by atoms with Crippen molar-refractivity contribution in [2.24, 2.45) is 10.4 Å². The predicted molar refractivity (Wildman–Crippen MR) is 71.3 cm³/mol. The molecule has 0 aromatic heterocycles. The molecule has 0 amide bonds. The van der Waals surface area contributed by atoms with Gasteiger partial charge in [-0.3, -0.25) is 10.4 Å². The van der Waals surface area contributed by atoms with E-state index in [0.717, 1.165) is 5.84 Å². The summed E-state index contributed by atoms with van der Waals surface area (Å²) in [6, 6.07) is 0. The Hall–Kier alpha value is -1.29. The standard InChI is InChI=1S/C11H17N3O.C2H6/c1-8-4-5-9-12-10(11(2,3)7-15)13-14(9)6-8;1-2/h4-6,9,15H,7H2,1-3H3,(H,12,13);1-2H3. The van der Waals surface area contributed by atoms with Gasteiger partial charge in [0.2, 0.25) is 0 Å². The number of hydrogen-bond donors (Lipinski definition) is 2. The normalized spacial score (nSPS) is 22.0. The fourth-order valence-electron chi connectivity index (χ4n) is 1.56. The molecule has 0 spiro atoms. The van der Waals surface area contributed by atoms with Gasteiger partial charge >= 0.3 is 0 Å². The zero-order valence-electron chi connectivity index (χ0n) is 11.4. The highest BCUT2D eigenvalue weighted by molar-refractivity contribution is 5.88. The van der Waals surface area contributed by atoms with Gasteiger partial charge in [-0.25, -0.2) is 4.99 Å². The Kier molecular flexibility index (Phi) is 4.34. The van der Waals surface area contributed by atoms with Crippen LogP contribution < -0.4 is 5.43 Å². The number of nitrogens with one attached hydrogen (secondary N) is 1. The van der Waals surface area contributed by atoms with Gasteiger partial charge in [0.15, 0.2) is 6.17 Å². The van der Waals surface area contributed by atoms with Gasteiger partial charge in [0.05, 0.1) is 6.61 Å². The lowest BCUT2D eigenvalue weighted by molar-refractivity contribution is 0.206. The molecular weight excluding hydrogens is 214 g/mol. The molecule has 17 heavy (non-hydrogen) atoms. The van der Waals surface area contributed by atoms with Crippen molar-refractivity contribution in [3.63, 3.8) is 0 Å². The summed E-state index contributed by atoms with van der Waals surface area (Å²) >= 11 is 0. The van der Waals surface area contributed by atoms with Gasteiger partial charge in [0.25, 0.3) is 0 Å². The third-order valence-corrected chi connectivity index (χ3v) is 2.69. The van der Waals surface area contributed by atoms with Crippen molar-refractivity contribution in [3.8, 4) is 0 Å². The van der Waals surface area contributed by atoms with E-state index in [1.807, 2.05) is 51.9 Å². The van der Waals surface area contributed by atoms with E-state index >= 15 is 0 Å². The minimum atomic E-state index is -0.313. The van der Waals surface area contributed by atoms with E-state index < -0.39 is 0 Å². The predicted octanol–water partition coefficient (Wildman–Crippen LogP) is 2.05. The van der Waals surface area contributed by atoms with Crippen LogP contribution in [-0.2, 0) is 0 Å². The number of amidine groups is 1. The molecule has 0 aliphatic carbocycles. The fourth-order valence-corrected chi connectivity index (χ4v) is 1.56. The fraction of sp³-hybridized carbons (Fsp3) is 0.615. The molecule has 2 aliphatic heterocycles. The first-order valence-corrected chi connectivity index (χ1v) is 6.14. The topological polar surface area (TPSA) is 47.9 Å². The largest absolute Gasteiger partial charge is 0.395 e. The minimum Gasteiger partial charge on any atom is -0.395 e. The Bertz CT molecular complexity index is 356. The zero-order valence-corrected chi connectivity index (χ0v) is 11.4. The number of allylic oxidation sites excluding steroid dienone is 2. The van der Waals surface area contributed by atoms with Crippen LogP contribution >= 0.6 is 0 Å². The second-order valence-corrected chi connectivity index (χ2v) is 4.68. The molecule has 0 saturated carbocycles. The Morgan fingerprint density at radius 1 is 1.47 bits per heavy atom. The maximum absolute atomic E-state index is 9.27. The van der Waals surface area contributed by atoms with Crippen molar-refractivity contribution in [2.75, 3.05) is 6.61 Å². The minimum absolute atomic E-state index is 0.0366. The lowest BCUT2D eigenvalue weighted by Gasteiger charge is -2.26. The number of aliphatic imine (C=N–C) groups is 1. The van der Waals surface area contributed by atoms with Crippen LogP contribution in [0.25, 0.3) is 0 Å².